The molecule has 1 amide bonds. The van der Waals surface area contributed by atoms with Gasteiger partial charge in [-0.15, -0.1) is 0 Å². The van der Waals surface area contributed by atoms with Crippen LogP contribution in [-0.2, 0) is 17.8 Å². The molecule has 0 unspecified atom stereocenters. The Morgan fingerprint density at radius 2 is 2.00 bits per heavy atom. The Morgan fingerprint density at radius 1 is 1.35 bits per heavy atom. The maximum atomic E-state index is 12.0. The first-order valence-electron chi connectivity index (χ1n) is 6.15. The van der Waals surface area contributed by atoms with Crippen molar-refractivity contribution < 1.29 is 19.4 Å². The standard InChI is InChI=1S/C12H16ClN3O4/c1-12(2,3)20-11(19)15-4-5-16-7(6-15)14-8(9(16)13)10(17)18/h4-6H2,1-3H3,(H,17,18). The molecular formula is C12H16ClN3O4. The van der Waals surface area contributed by atoms with E-state index < -0.39 is 17.7 Å². The van der Waals surface area contributed by atoms with Gasteiger partial charge in [-0.2, -0.15) is 0 Å². The molecule has 0 saturated heterocycles. The van der Waals surface area contributed by atoms with Gasteiger partial charge in [0.2, 0.25) is 0 Å². The van der Waals surface area contributed by atoms with Gasteiger partial charge in [0, 0.05) is 13.1 Å². The van der Waals surface area contributed by atoms with E-state index >= 15 is 0 Å². The molecule has 0 bridgehead atoms. The van der Waals surface area contributed by atoms with Crippen molar-refractivity contribution >= 4 is 23.7 Å². The van der Waals surface area contributed by atoms with Crippen LogP contribution in [0.3, 0.4) is 0 Å². The van der Waals surface area contributed by atoms with Gasteiger partial charge in [-0.3, -0.25) is 4.90 Å². The molecular weight excluding hydrogens is 286 g/mol. The third-order valence-electron chi connectivity index (χ3n) is 2.76. The van der Waals surface area contributed by atoms with E-state index in [0.29, 0.717) is 18.9 Å². The van der Waals surface area contributed by atoms with Crippen molar-refractivity contribution in [2.45, 2.75) is 39.5 Å². The van der Waals surface area contributed by atoms with Crippen molar-refractivity contribution in [2.24, 2.45) is 0 Å². The number of amides is 1. The highest BCUT2D eigenvalue weighted by molar-refractivity contribution is 6.32. The second-order valence-corrected chi connectivity index (χ2v) is 5.88. The molecule has 0 fully saturated rings. The Labute approximate surface area is 121 Å². The third-order valence-corrected chi connectivity index (χ3v) is 3.15. The van der Waals surface area contributed by atoms with Crippen LogP contribution in [0.25, 0.3) is 0 Å². The van der Waals surface area contributed by atoms with Crippen molar-refractivity contribution in [1.29, 1.82) is 0 Å². The highest BCUT2D eigenvalue weighted by Crippen LogP contribution is 2.23. The van der Waals surface area contributed by atoms with Gasteiger partial charge in [-0.05, 0) is 20.8 Å². The lowest BCUT2D eigenvalue weighted by Crippen LogP contribution is -2.41. The van der Waals surface area contributed by atoms with Gasteiger partial charge >= 0.3 is 12.1 Å². The van der Waals surface area contributed by atoms with Gasteiger partial charge in [0.15, 0.2) is 5.69 Å². The zero-order chi connectivity index (χ0) is 15.1. The lowest BCUT2D eigenvalue weighted by molar-refractivity contribution is 0.0195. The summed E-state index contributed by atoms with van der Waals surface area (Å²) in [6.07, 6.45) is -0.445. The molecule has 1 N–H and O–H groups in total. The number of carbonyl (C=O) groups is 2. The number of aromatic carboxylic acids is 1. The summed E-state index contributed by atoms with van der Waals surface area (Å²) in [6.45, 7) is 6.34. The SMILES string of the molecule is CC(C)(C)OC(=O)N1CCn2c(nc(C(=O)O)c2Cl)C1. The van der Waals surface area contributed by atoms with E-state index in [9.17, 15) is 9.59 Å². The molecule has 7 nitrogen and oxygen atoms in total. The van der Waals surface area contributed by atoms with E-state index in [4.69, 9.17) is 21.4 Å². The van der Waals surface area contributed by atoms with Gasteiger partial charge < -0.3 is 14.4 Å². The molecule has 1 aliphatic rings. The summed E-state index contributed by atoms with van der Waals surface area (Å²) in [6, 6.07) is 0. The molecule has 0 aliphatic carbocycles. The van der Waals surface area contributed by atoms with E-state index in [1.54, 1.807) is 25.3 Å². The molecule has 0 spiro atoms. The molecule has 2 rings (SSSR count). The van der Waals surface area contributed by atoms with Crippen LogP contribution in [0.15, 0.2) is 0 Å². The van der Waals surface area contributed by atoms with E-state index in [1.807, 2.05) is 0 Å². The Bertz CT molecular complexity index is 562. The number of aromatic nitrogens is 2. The van der Waals surface area contributed by atoms with E-state index in [-0.39, 0.29) is 17.4 Å². The van der Waals surface area contributed by atoms with Crippen molar-refractivity contribution in [1.82, 2.24) is 14.5 Å². The monoisotopic (exact) mass is 301 g/mol. The summed E-state index contributed by atoms with van der Waals surface area (Å²) < 4.78 is 6.88. The second kappa shape index (κ2) is 4.97. The Kier molecular flexibility index (Phi) is 3.64. The van der Waals surface area contributed by atoms with Crippen LogP contribution in [0.4, 0.5) is 4.79 Å². The number of halogens is 1. The molecule has 0 aromatic carbocycles. The fourth-order valence-electron chi connectivity index (χ4n) is 1.91. The molecule has 0 atom stereocenters. The number of rotatable bonds is 1. The van der Waals surface area contributed by atoms with Crippen molar-refractivity contribution in [3.05, 3.63) is 16.7 Å². The van der Waals surface area contributed by atoms with Crippen LogP contribution in [0.1, 0.15) is 37.1 Å². The quantitative estimate of drug-likeness (QED) is 0.857. The zero-order valence-electron chi connectivity index (χ0n) is 11.5. The van der Waals surface area contributed by atoms with Crippen molar-refractivity contribution in [2.75, 3.05) is 6.54 Å². The first kappa shape index (κ1) is 14.6. The minimum Gasteiger partial charge on any atom is -0.476 e. The fraction of sp³-hybridized carbons (Fsp3) is 0.583. The number of hydrogen-bond donors (Lipinski definition) is 1. The Morgan fingerprint density at radius 3 is 2.55 bits per heavy atom. The van der Waals surface area contributed by atoms with E-state index in [0.717, 1.165) is 0 Å². The van der Waals surface area contributed by atoms with Gasteiger partial charge in [0.05, 0.1) is 6.54 Å². The number of ether oxygens (including phenoxy) is 1. The van der Waals surface area contributed by atoms with Crippen molar-refractivity contribution in [3.63, 3.8) is 0 Å². The normalized spacial score (nSPS) is 14.9. The number of carboxylic acids is 1. The highest BCUT2D eigenvalue weighted by atomic mass is 35.5. The minimum absolute atomic E-state index is 0.0938. The van der Waals surface area contributed by atoms with Crippen LogP contribution >= 0.6 is 11.6 Å². The van der Waals surface area contributed by atoms with Crippen LogP contribution in [0, 0.1) is 0 Å². The zero-order valence-corrected chi connectivity index (χ0v) is 12.3. The maximum absolute atomic E-state index is 12.0. The van der Waals surface area contributed by atoms with Gasteiger partial charge in [0.1, 0.15) is 16.6 Å². The number of fused-ring (bicyclic) bond motifs is 1. The average Bonchev–Trinajstić information content (AvgIpc) is 2.64. The lowest BCUT2D eigenvalue weighted by atomic mass is 10.2. The Hall–Kier alpha value is -1.76. The second-order valence-electron chi connectivity index (χ2n) is 5.53. The van der Waals surface area contributed by atoms with Gasteiger partial charge in [-0.25, -0.2) is 14.6 Å². The minimum atomic E-state index is -1.18. The summed E-state index contributed by atoms with van der Waals surface area (Å²) >= 11 is 5.96. The number of carboxylic acid groups (broad SMARTS) is 1. The van der Waals surface area contributed by atoms with E-state index in [2.05, 4.69) is 4.98 Å². The highest BCUT2D eigenvalue weighted by Gasteiger charge is 2.30. The number of imidazole rings is 1. The summed E-state index contributed by atoms with van der Waals surface area (Å²) in [5.74, 6) is -0.731. The maximum Gasteiger partial charge on any atom is 0.410 e. The summed E-state index contributed by atoms with van der Waals surface area (Å²) in [7, 11) is 0. The third kappa shape index (κ3) is 2.87. The Balaban J connectivity index is 2.17. The summed E-state index contributed by atoms with van der Waals surface area (Å²) in [4.78, 5) is 28.4. The molecule has 110 valence electrons. The molecule has 0 saturated carbocycles. The largest absolute Gasteiger partial charge is 0.476 e. The topological polar surface area (TPSA) is 84.7 Å². The van der Waals surface area contributed by atoms with Gasteiger partial charge in [0.25, 0.3) is 0 Å². The average molecular weight is 302 g/mol. The van der Waals surface area contributed by atoms with Crippen LogP contribution in [0.2, 0.25) is 5.15 Å². The van der Waals surface area contributed by atoms with E-state index in [1.165, 1.54) is 4.90 Å². The fourth-order valence-corrected chi connectivity index (χ4v) is 2.22. The first-order valence-corrected chi connectivity index (χ1v) is 6.53. The smallest absolute Gasteiger partial charge is 0.410 e. The van der Waals surface area contributed by atoms with Crippen LogP contribution < -0.4 is 0 Å². The van der Waals surface area contributed by atoms with Gasteiger partial charge in [-0.1, -0.05) is 11.6 Å². The summed E-state index contributed by atoms with van der Waals surface area (Å²) in [5.41, 5.74) is -0.763. The summed E-state index contributed by atoms with van der Waals surface area (Å²) in [5, 5.41) is 9.07. The van der Waals surface area contributed by atoms with Crippen LogP contribution in [-0.4, -0.2) is 43.8 Å². The molecule has 20 heavy (non-hydrogen) atoms. The molecule has 8 heteroatoms. The van der Waals surface area contributed by atoms with Crippen molar-refractivity contribution in [3.8, 4) is 0 Å². The molecule has 1 aromatic heterocycles. The number of carbonyl (C=O) groups excluding carboxylic acids is 1. The molecule has 1 aliphatic heterocycles. The lowest BCUT2D eigenvalue weighted by Gasteiger charge is -2.30. The van der Waals surface area contributed by atoms with Crippen LogP contribution in [0.5, 0.6) is 0 Å². The predicted octanol–water partition coefficient (Wildman–Crippen LogP) is 1.99. The predicted molar refractivity (Wildman–Crippen MR) is 70.8 cm³/mol. The molecule has 0 radical (unpaired) electrons. The number of nitrogens with zero attached hydrogens (tertiary/aromatic N) is 3. The number of hydrogen-bond acceptors (Lipinski definition) is 4. The molecule has 2 heterocycles. The molecule has 1 aromatic rings. The first-order chi connectivity index (χ1) is 9.19.